The summed E-state index contributed by atoms with van der Waals surface area (Å²) in [6, 6.07) is 6.37. The Kier molecular flexibility index (Phi) is 4.73. The molecule has 1 amide bonds. The number of piperazine rings is 1. The first kappa shape index (κ1) is 19.0. The second-order valence-electron chi connectivity index (χ2n) is 7.19. The number of halogens is 1. The van der Waals surface area contributed by atoms with Crippen molar-refractivity contribution in [1.29, 1.82) is 0 Å². The van der Waals surface area contributed by atoms with E-state index in [-0.39, 0.29) is 17.5 Å². The van der Waals surface area contributed by atoms with Crippen molar-refractivity contribution in [3.05, 3.63) is 52.9 Å². The van der Waals surface area contributed by atoms with Crippen molar-refractivity contribution in [3.63, 3.8) is 0 Å². The summed E-state index contributed by atoms with van der Waals surface area (Å²) in [7, 11) is 0. The number of nitrogens with zero attached hydrogens (tertiary/aromatic N) is 6. The topological polar surface area (TPSA) is 83.7 Å². The molecule has 0 aliphatic carbocycles. The maximum atomic E-state index is 14.4. The van der Waals surface area contributed by atoms with E-state index in [2.05, 4.69) is 15.1 Å². The average Bonchev–Trinajstić information content (AvgIpc) is 3.12. The second-order valence-corrected chi connectivity index (χ2v) is 7.19. The minimum absolute atomic E-state index is 0.108. The van der Waals surface area contributed by atoms with E-state index in [1.54, 1.807) is 21.5 Å². The number of Topliss-reactive ketones (excluding diaryl/α,β-unsaturated/α-hetero) is 1. The van der Waals surface area contributed by atoms with Crippen molar-refractivity contribution in [3.8, 4) is 0 Å². The average molecular weight is 396 g/mol. The number of hydrogen-bond acceptors (Lipinski definition) is 6. The zero-order chi connectivity index (χ0) is 20.7. The summed E-state index contributed by atoms with van der Waals surface area (Å²) in [4.78, 5) is 36.3. The maximum absolute atomic E-state index is 14.4. The van der Waals surface area contributed by atoms with Crippen molar-refractivity contribution >= 4 is 23.2 Å². The molecule has 9 heteroatoms. The van der Waals surface area contributed by atoms with E-state index in [1.165, 1.54) is 13.0 Å². The van der Waals surface area contributed by atoms with Crippen LogP contribution in [0.4, 0.5) is 10.1 Å². The number of benzene rings is 1. The van der Waals surface area contributed by atoms with Crippen molar-refractivity contribution in [2.45, 2.75) is 20.8 Å². The number of rotatable bonds is 3. The van der Waals surface area contributed by atoms with Crippen LogP contribution in [-0.4, -0.2) is 62.4 Å². The molecule has 1 saturated heterocycles. The molecule has 150 valence electrons. The molecule has 29 heavy (non-hydrogen) atoms. The summed E-state index contributed by atoms with van der Waals surface area (Å²) in [5.41, 5.74) is 2.45. The first-order valence-electron chi connectivity index (χ1n) is 9.39. The molecule has 0 N–H and O–H groups in total. The molecule has 1 aliphatic heterocycles. The second kappa shape index (κ2) is 7.23. The first-order valence-corrected chi connectivity index (χ1v) is 9.39. The lowest BCUT2D eigenvalue weighted by Crippen LogP contribution is -2.49. The smallest absolute Gasteiger partial charge is 0.293 e. The van der Waals surface area contributed by atoms with Crippen LogP contribution in [0.15, 0.2) is 24.3 Å². The lowest BCUT2D eigenvalue weighted by molar-refractivity contribution is 0.0734. The summed E-state index contributed by atoms with van der Waals surface area (Å²) < 4.78 is 16.0. The van der Waals surface area contributed by atoms with Crippen LogP contribution in [0.25, 0.3) is 5.78 Å². The van der Waals surface area contributed by atoms with Gasteiger partial charge in [0.05, 0.1) is 5.69 Å². The van der Waals surface area contributed by atoms with Gasteiger partial charge < -0.3 is 9.80 Å². The van der Waals surface area contributed by atoms with Crippen molar-refractivity contribution in [2.24, 2.45) is 0 Å². The largest absolute Gasteiger partial charge is 0.366 e. The van der Waals surface area contributed by atoms with Gasteiger partial charge in [0.1, 0.15) is 5.82 Å². The van der Waals surface area contributed by atoms with Crippen LogP contribution in [-0.2, 0) is 0 Å². The Bertz CT molecular complexity index is 1120. The van der Waals surface area contributed by atoms with Gasteiger partial charge in [-0.2, -0.15) is 4.98 Å². The Morgan fingerprint density at radius 1 is 1.03 bits per heavy atom. The predicted octanol–water partition coefficient (Wildman–Crippen LogP) is 2.05. The van der Waals surface area contributed by atoms with Gasteiger partial charge in [-0.3, -0.25) is 9.59 Å². The van der Waals surface area contributed by atoms with Gasteiger partial charge in [-0.1, -0.05) is 0 Å². The highest BCUT2D eigenvalue weighted by molar-refractivity contribution is 5.94. The van der Waals surface area contributed by atoms with Crippen LogP contribution >= 0.6 is 0 Å². The quantitative estimate of drug-likeness (QED) is 0.630. The van der Waals surface area contributed by atoms with E-state index in [4.69, 9.17) is 0 Å². The van der Waals surface area contributed by atoms with Gasteiger partial charge >= 0.3 is 0 Å². The van der Waals surface area contributed by atoms with Gasteiger partial charge in [-0.05, 0) is 45.0 Å². The van der Waals surface area contributed by atoms with E-state index >= 15 is 0 Å². The lowest BCUT2D eigenvalue weighted by atomic mass is 10.1. The Morgan fingerprint density at radius 3 is 2.41 bits per heavy atom. The molecule has 3 aromatic rings. The zero-order valence-electron chi connectivity index (χ0n) is 16.5. The van der Waals surface area contributed by atoms with E-state index in [0.717, 1.165) is 11.4 Å². The molecular weight excluding hydrogens is 375 g/mol. The monoisotopic (exact) mass is 396 g/mol. The number of hydrogen-bond donors (Lipinski definition) is 0. The van der Waals surface area contributed by atoms with Crippen LogP contribution in [0, 0.1) is 19.7 Å². The molecule has 0 spiro atoms. The molecule has 1 aromatic carbocycles. The number of aryl methyl sites for hydroxylation is 2. The Hall–Kier alpha value is -3.36. The third kappa shape index (κ3) is 3.55. The molecule has 1 fully saturated rings. The van der Waals surface area contributed by atoms with Crippen LogP contribution in [0.2, 0.25) is 0 Å². The SMILES string of the molecule is CC(=O)c1ccc(N2CCN(C(=O)c3nc4nc(C)cc(C)n4n3)CC2)c(F)c1. The van der Waals surface area contributed by atoms with Gasteiger partial charge in [0, 0.05) is 43.1 Å². The summed E-state index contributed by atoms with van der Waals surface area (Å²) in [6.07, 6.45) is 0. The molecule has 1 aliphatic rings. The molecule has 0 radical (unpaired) electrons. The molecule has 0 saturated carbocycles. The zero-order valence-corrected chi connectivity index (χ0v) is 16.5. The van der Waals surface area contributed by atoms with Crippen LogP contribution in [0.1, 0.15) is 39.3 Å². The number of aromatic nitrogens is 4. The fourth-order valence-corrected chi connectivity index (χ4v) is 3.53. The molecular formula is C20H21FN6O2. The highest BCUT2D eigenvalue weighted by Crippen LogP contribution is 2.22. The molecule has 0 unspecified atom stereocenters. The predicted molar refractivity (Wildman–Crippen MR) is 105 cm³/mol. The molecule has 3 heterocycles. The van der Waals surface area contributed by atoms with E-state index in [0.29, 0.717) is 43.2 Å². The van der Waals surface area contributed by atoms with Crippen LogP contribution < -0.4 is 4.90 Å². The molecule has 8 nitrogen and oxygen atoms in total. The van der Waals surface area contributed by atoms with Crippen molar-refractivity contribution in [1.82, 2.24) is 24.5 Å². The van der Waals surface area contributed by atoms with E-state index < -0.39 is 5.82 Å². The summed E-state index contributed by atoms with van der Waals surface area (Å²) in [6.45, 7) is 6.96. The van der Waals surface area contributed by atoms with E-state index in [9.17, 15) is 14.0 Å². The number of amides is 1. The molecule has 0 bridgehead atoms. The minimum atomic E-state index is -0.434. The van der Waals surface area contributed by atoms with Crippen LogP contribution in [0.3, 0.4) is 0 Å². The minimum Gasteiger partial charge on any atom is -0.366 e. The van der Waals surface area contributed by atoms with Gasteiger partial charge in [0.2, 0.25) is 5.82 Å². The fourth-order valence-electron chi connectivity index (χ4n) is 3.53. The van der Waals surface area contributed by atoms with Gasteiger partial charge in [0.15, 0.2) is 5.78 Å². The van der Waals surface area contributed by atoms with Gasteiger partial charge in [-0.15, -0.1) is 5.10 Å². The van der Waals surface area contributed by atoms with Gasteiger partial charge in [-0.25, -0.2) is 13.9 Å². The molecule has 2 aromatic heterocycles. The summed E-state index contributed by atoms with van der Waals surface area (Å²) >= 11 is 0. The number of anilines is 1. The molecule has 0 atom stereocenters. The Balaban J connectivity index is 1.48. The van der Waals surface area contributed by atoms with Crippen molar-refractivity contribution < 1.29 is 14.0 Å². The van der Waals surface area contributed by atoms with Gasteiger partial charge in [0.25, 0.3) is 11.7 Å². The Labute approximate surface area is 167 Å². The highest BCUT2D eigenvalue weighted by Gasteiger charge is 2.26. The number of carbonyl (C=O) groups excluding carboxylic acids is 2. The summed E-state index contributed by atoms with van der Waals surface area (Å²) in [5.74, 6) is -0.365. The molecule has 4 rings (SSSR count). The lowest BCUT2D eigenvalue weighted by Gasteiger charge is -2.35. The number of ketones is 1. The van der Waals surface area contributed by atoms with Crippen LogP contribution in [0.5, 0.6) is 0 Å². The Morgan fingerprint density at radius 2 is 1.76 bits per heavy atom. The maximum Gasteiger partial charge on any atom is 0.293 e. The third-order valence-corrected chi connectivity index (χ3v) is 5.07. The number of fused-ring (bicyclic) bond motifs is 1. The number of carbonyl (C=O) groups is 2. The third-order valence-electron chi connectivity index (χ3n) is 5.07. The standard InChI is InChI=1S/C20H21FN6O2/c1-12-10-13(2)27-20(22-12)23-18(24-27)19(29)26-8-6-25(7-9-26)17-5-4-15(14(3)28)11-16(17)21/h4-5,10-11H,6-9H2,1-3H3. The fraction of sp³-hybridized carbons (Fsp3) is 0.350. The van der Waals surface area contributed by atoms with E-state index in [1.807, 2.05) is 24.8 Å². The summed E-state index contributed by atoms with van der Waals surface area (Å²) in [5, 5.41) is 4.29. The normalized spacial score (nSPS) is 14.5. The highest BCUT2D eigenvalue weighted by atomic mass is 19.1. The van der Waals surface area contributed by atoms with Crippen molar-refractivity contribution in [2.75, 3.05) is 31.1 Å². The first-order chi connectivity index (χ1) is 13.8.